The summed E-state index contributed by atoms with van der Waals surface area (Å²) in [6, 6.07) is 0. The minimum Gasteiger partial charge on any atom is -0.462 e. The highest BCUT2D eigenvalue weighted by atomic mass is 16.6. The Morgan fingerprint density at radius 1 is 0.241 bits per heavy atom. The van der Waals surface area contributed by atoms with E-state index in [0.29, 0.717) is 19.3 Å². The average Bonchev–Trinajstić information content (AvgIpc) is 3.45. The Bertz CT molecular complexity index is 1230. The van der Waals surface area contributed by atoms with Gasteiger partial charge in [0.1, 0.15) is 13.2 Å². The molecule has 0 saturated carbocycles. The van der Waals surface area contributed by atoms with Crippen molar-refractivity contribution < 1.29 is 28.6 Å². The third-order valence-corrected chi connectivity index (χ3v) is 16.8. The molecule has 79 heavy (non-hydrogen) atoms. The molecule has 0 bridgehead atoms. The Hall–Kier alpha value is -1.85. The van der Waals surface area contributed by atoms with Gasteiger partial charge in [-0.05, 0) is 44.9 Å². The Kier molecular flexibility index (Phi) is 67.0. The lowest BCUT2D eigenvalue weighted by molar-refractivity contribution is -0.167. The van der Waals surface area contributed by atoms with Crippen molar-refractivity contribution in [3.05, 3.63) is 12.2 Å². The monoisotopic (exact) mass is 1110 g/mol. The molecule has 0 fully saturated rings. The maximum Gasteiger partial charge on any atom is 0.306 e. The van der Waals surface area contributed by atoms with Crippen LogP contribution in [0.15, 0.2) is 12.2 Å². The van der Waals surface area contributed by atoms with Gasteiger partial charge in [0.25, 0.3) is 0 Å². The summed E-state index contributed by atoms with van der Waals surface area (Å²) in [7, 11) is 0. The quantitative estimate of drug-likeness (QED) is 0.0261. The van der Waals surface area contributed by atoms with Gasteiger partial charge >= 0.3 is 17.9 Å². The number of allylic oxidation sites excluding steroid dienone is 2. The van der Waals surface area contributed by atoms with Crippen molar-refractivity contribution >= 4 is 17.9 Å². The van der Waals surface area contributed by atoms with Gasteiger partial charge < -0.3 is 14.2 Å². The van der Waals surface area contributed by atoms with E-state index in [1.54, 1.807) is 0 Å². The second-order valence-electron chi connectivity index (χ2n) is 24.9. The molecule has 0 aliphatic heterocycles. The van der Waals surface area contributed by atoms with Crippen molar-refractivity contribution in [2.45, 2.75) is 425 Å². The van der Waals surface area contributed by atoms with Crippen LogP contribution in [0.2, 0.25) is 0 Å². The number of carbonyl (C=O) groups excluding carboxylic acids is 3. The first-order valence-corrected chi connectivity index (χ1v) is 36.2. The average molecular weight is 1110 g/mol. The Morgan fingerprint density at radius 3 is 0.633 bits per heavy atom. The maximum absolute atomic E-state index is 13.0. The van der Waals surface area contributed by atoms with Gasteiger partial charge in [-0.2, -0.15) is 0 Å². The number of carbonyl (C=O) groups is 3. The predicted octanol–water partition coefficient (Wildman–Crippen LogP) is 24.8. The molecule has 0 amide bonds. The minimum absolute atomic E-state index is 0.0640. The van der Waals surface area contributed by atoms with Crippen molar-refractivity contribution in [2.24, 2.45) is 0 Å². The predicted molar refractivity (Wildman–Crippen MR) is 344 cm³/mol. The molecule has 0 aromatic heterocycles. The fourth-order valence-electron chi connectivity index (χ4n) is 11.3. The van der Waals surface area contributed by atoms with Crippen molar-refractivity contribution in [1.29, 1.82) is 0 Å². The zero-order valence-electron chi connectivity index (χ0n) is 53.9. The SMILES string of the molecule is CCCCCCCCC/C=C\CCCCCCCCCC(=O)OCC(COC(=O)CCCCCCCCCCCCCCCCCCCCCCCCC)OC(=O)CCCCCCCCCCCCCCCCCCCCCC. The molecule has 0 aromatic rings. The lowest BCUT2D eigenvalue weighted by Gasteiger charge is -2.18. The molecule has 6 heteroatoms. The van der Waals surface area contributed by atoms with E-state index < -0.39 is 6.10 Å². The number of esters is 3. The van der Waals surface area contributed by atoms with E-state index in [1.165, 1.54) is 321 Å². The summed E-state index contributed by atoms with van der Waals surface area (Å²) in [5.41, 5.74) is 0. The third-order valence-electron chi connectivity index (χ3n) is 16.8. The Balaban J connectivity index is 4.27. The first-order chi connectivity index (χ1) is 39.0. The minimum atomic E-state index is -0.768. The topological polar surface area (TPSA) is 78.9 Å². The van der Waals surface area contributed by atoms with E-state index in [-0.39, 0.29) is 31.1 Å². The van der Waals surface area contributed by atoms with Gasteiger partial charge in [-0.1, -0.05) is 367 Å². The molecule has 468 valence electrons. The summed E-state index contributed by atoms with van der Waals surface area (Å²) < 4.78 is 17.0. The summed E-state index contributed by atoms with van der Waals surface area (Å²) >= 11 is 0. The van der Waals surface area contributed by atoms with Gasteiger partial charge in [0.05, 0.1) is 0 Å². The zero-order chi connectivity index (χ0) is 57.1. The maximum atomic E-state index is 13.0. The van der Waals surface area contributed by atoms with Crippen LogP contribution in [0.3, 0.4) is 0 Å². The molecule has 1 atom stereocenters. The number of ether oxygens (including phenoxy) is 3. The summed E-state index contributed by atoms with van der Waals surface area (Å²) in [6.45, 7) is 6.74. The third kappa shape index (κ3) is 66.8. The summed E-state index contributed by atoms with van der Waals surface area (Å²) in [6.07, 6.45) is 82.4. The highest BCUT2D eigenvalue weighted by Crippen LogP contribution is 2.19. The zero-order valence-corrected chi connectivity index (χ0v) is 53.9. The number of rotatable bonds is 68. The summed E-state index contributed by atoms with van der Waals surface area (Å²) in [4.78, 5) is 38.5. The molecule has 1 unspecified atom stereocenters. The lowest BCUT2D eigenvalue weighted by Crippen LogP contribution is -2.30. The van der Waals surface area contributed by atoms with E-state index in [4.69, 9.17) is 14.2 Å². The van der Waals surface area contributed by atoms with Crippen LogP contribution < -0.4 is 0 Å². The molecular formula is C73H140O6. The fraction of sp³-hybridized carbons (Fsp3) is 0.932. The van der Waals surface area contributed by atoms with E-state index in [1.807, 2.05) is 0 Å². The van der Waals surface area contributed by atoms with E-state index in [2.05, 4.69) is 32.9 Å². The van der Waals surface area contributed by atoms with E-state index in [0.717, 1.165) is 57.8 Å². The number of unbranched alkanes of at least 4 members (excludes halogenated alkanes) is 55. The van der Waals surface area contributed by atoms with Crippen LogP contribution in [-0.2, 0) is 28.6 Å². The van der Waals surface area contributed by atoms with Crippen molar-refractivity contribution in [3.8, 4) is 0 Å². The van der Waals surface area contributed by atoms with Crippen LogP contribution in [0.1, 0.15) is 419 Å². The van der Waals surface area contributed by atoms with Crippen LogP contribution in [0, 0.1) is 0 Å². The molecule has 0 spiro atoms. The van der Waals surface area contributed by atoms with E-state index in [9.17, 15) is 14.4 Å². The summed E-state index contributed by atoms with van der Waals surface area (Å²) in [5, 5.41) is 0. The van der Waals surface area contributed by atoms with E-state index >= 15 is 0 Å². The molecule has 6 nitrogen and oxygen atoms in total. The summed E-state index contributed by atoms with van der Waals surface area (Å²) in [5.74, 6) is -0.830. The van der Waals surface area contributed by atoms with Crippen LogP contribution in [-0.4, -0.2) is 37.2 Å². The first-order valence-electron chi connectivity index (χ1n) is 36.2. The van der Waals surface area contributed by atoms with Crippen LogP contribution in [0.5, 0.6) is 0 Å². The van der Waals surface area contributed by atoms with Crippen molar-refractivity contribution in [2.75, 3.05) is 13.2 Å². The molecule has 0 heterocycles. The fourth-order valence-corrected chi connectivity index (χ4v) is 11.3. The normalized spacial score (nSPS) is 12.0. The number of hydrogen-bond acceptors (Lipinski definition) is 6. The van der Waals surface area contributed by atoms with Crippen LogP contribution >= 0.6 is 0 Å². The van der Waals surface area contributed by atoms with Gasteiger partial charge in [0, 0.05) is 19.3 Å². The highest BCUT2D eigenvalue weighted by molar-refractivity contribution is 5.71. The molecule has 0 rings (SSSR count). The molecule has 0 aromatic carbocycles. The van der Waals surface area contributed by atoms with Crippen LogP contribution in [0.4, 0.5) is 0 Å². The van der Waals surface area contributed by atoms with Crippen molar-refractivity contribution in [1.82, 2.24) is 0 Å². The molecule has 0 N–H and O–H groups in total. The Labute approximate surface area is 494 Å². The largest absolute Gasteiger partial charge is 0.462 e. The molecule has 0 aliphatic rings. The van der Waals surface area contributed by atoms with Gasteiger partial charge in [0.15, 0.2) is 6.10 Å². The van der Waals surface area contributed by atoms with Gasteiger partial charge in [0.2, 0.25) is 0 Å². The molecule has 0 aliphatic carbocycles. The Morgan fingerprint density at radius 2 is 0.418 bits per heavy atom. The van der Waals surface area contributed by atoms with Crippen molar-refractivity contribution in [3.63, 3.8) is 0 Å². The lowest BCUT2D eigenvalue weighted by atomic mass is 10.0. The van der Waals surface area contributed by atoms with Gasteiger partial charge in [-0.25, -0.2) is 0 Å². The molecule has 0 radical (unpaired) electrons. The molecule has 0 saturated heterocycles. The van der Waals surface area contributed by atoms with Gasteiger partial charge in [-0.15, -0.1) is 0 Å². The smallest absolute Gasteiger partial charge is 0.306 e. The molecular weight excluding hydrogens is 973 g/mol. The first kappa shape index (κ1) is 77.2. The second kappa shape index (κ2) is 68.6. The van der Waals surface area contributed by atoms with Gasteiger partial charge in [-0.3, -0.25) is 14.4 Å². The standard InChI is InChI=1S/C73H140O6/c1-4-7-10-13-16-19-22-25-28-31-34-36-37-38-40-42-45-48-51-54-57-60-63-66-72(75)78-69-70(68-77-71(74)65-62-59-56-53-50-47-44-41-33-30-27-24-21-18-15-12-9-6-3)79-73(76)67-64-61-58-55-52-49-46-43-39-35-32-29-26-23-20-17-14-11-8-5-2/h30,33,70H,4-29,31-32,34-69H2,1-3H3/b33-30-. The number of hydrogen-bond donors (Lipinski definition) is 0. The highest BCUT2D eigenvalue weighted by Gasteiger charge is 2.19. The second-order valence-corrected chi connectivity index (χ2v) is 24.9. The van der Waals surface area contributed by atoms with Crippen LogP contribution in [0.25, 0.3) is 0 Å².